The number of halogens is 3. The quantitative estimate of drug-likeness (QED) is 0.349. The van der Waals surface area contributed by atoms with Gasteiger partial charge >= 0.3 is 6.08 Å². The van der Waals surface area contributed by atoms with Crippen LogP contribution in [0.25, 0.3) is 0 Å². The Hall–Kier alpha value is -1.64. The van der Waals surface area contributed by atoms with Crippen molar-refractivity contribution in [2.45, 2.75) is 18.6 Å². The van der Waals surface area contributed by atoms with Crippen molar-refractivity contribution in [2.75, 3.05) is 12.3 Å². The highest BCUT2D eigenvalue weighted by Crippen LogP contribution is 2.15. The molecule has 0 bridgehead atoms. The van der Waals surface area contributed by atoms with Gasteiger partial charge in [0.15, 0.2) is 12.4 Å². The van der Waals surface area contributed by atoms with Crippen molar-refractivity contribution < 1.29 is 26.5 Å². The third-order valence-corrected chi connectivity index (χ3v) is 3.15. The Morgan fingerprint density at radius 2 is 2.26 bits per heavy atom. The summed E-state index contributed by atoms with van der Waals surface area (Å²) in [7, 11) is -1.84. The fourth-order valence-electron chi connectivity index (χ4n) is 1.03. The van der Waals surface area contributed by atoms with E-state index in [1.165, 1.54) is 6.20 Å². The van der Waals surface area contributed by atoms with Crippen LogP contribution in [0.4, 0.5) is 13.2 Å². The van der Waals surface area contributed by atoms with Crippen LogP contribution >= 0.6 is 0 Å². The molecule has 0 spiro atoms. The molecule has 1 unspecified atom stereocenters. The minimum atomic E-state index is -2.43. The Kier molecular flexibility index (Phi) is 5.74. The average Bonchev–Trinajstić information content (AvgIpc) is 2.83. The van der Waals surface area contributed by atoms with Gasteiger partial charge in [-0.25, -0.2) is 18.3 Å². The van der Waals surface area contributed by atoms with E-state index in [-0.39, 0.29) is 23.3 Å². The summed E-state index contributed by atoms with van der Waals surface area (Å²) >= 11 is 0. The van der Waals surface area contributed by atoms with Crippen LogP contribution in [0.2, 0.25) is 0 Å². The Morgan fingerprint density at radius 3 is 2.84 bits per heavy atom. The minimum absolute atomic E-state index is 0.0906. The molecule has 0 amide bonds. The van der Waals surface area contributed by atoms with Crippen LogP contribution in [-0.2, 0) is 10.8 Å². The van der Waals surface area contributed by atoms with Crippen LogP contribution in [0.15, 0.2) is 27.7 Å². The Morgan fingerprint density at radius 1 is 1.58 bits per heavy atom. The second kappa shape index (κ2) is 7.07. The third kappa shape index (κ3) is 4.86. The summed E-state index contributed by atoms with van der Waals surface area (Å²) in [4.78, 5) is 3.64. The topological polar surface area (TPSA) is 69.2 Å². The van der Waals surface area contributed by atoms with E-state index >= 15 is 0 Å². The molecule has 0 aliphatic rings. The van der Waals surface area contributed by atoms with E-state index in [1.807, 2.05) is 0 Å². The predicted molar refractivity (Wildman–Crippen MR) is 62.1 cm³/mol. The van der Waals surface area contributed by atoms with E-state index in [0.29, 0.717) is 4.74 Å². The summed E-state index contributed by atoms with van der Waals surface area (Å²) < 4.78 is 53.2. The summed E-state index contributed by atoms with van der Waals surface area (Å²) in [5, 5.41) is 10.8. The fraction of sp³-hybridized carbons (Fsp3) is 0.400. The molecule has 1 aromatic rings. The summed E-state index contributed by atoms with van der Waals surface area (Å²) in [6.07, 6.45) is -0.812. The molecule has 0 aromatic carbocycles. The van der Waals surface area contributed by atoms with Gasteiger partial charge in [-0.2, -0.15) is 8.78 Å². The van der Waals surface area contributed by atoms with E-state index < -0.39 is 29.1 Å². The van der Waals surface area contributed by atoms with Gasteiger partial charge in [-0.3, -0.25) is 0 Å². The minimum Gasteiger partial charge on any atom is -0.624 e. The van der Waals surface area contributed by atoms with Crippen LogP contribution < -0.4 is 0 Å². The lowest BCUT2D eigenvalue weighted by Gasteiger charge is -1.97. The molecule has 0 fully saturated rings. The van der Waals surface area contributed by atoms with Crippen molar-refractivity contribution in [3.63, 3.8) is 0 Å². The van der Waals surface area contributed by atoms with Crippen LogP contribution in [-0.4, -0.2) is 32.4 Å². The molecule has 19 heavy (non-hydrogen) atoms. The van der Waals surface area contributed by atoms with E-state index in [2.05, 4.69) is 4.98 Å². The zero-order valence-electron chi connectivity index (χ0n) is 9.94. The van der Waals surface area contributed by atoms with E-state index in [0.717, 1.165) is 6.21 Å². The predicted octanol–water partition coefficient (Wildman–Crippen LogP) is 2.20. The molecule has 0 saturated carbocycles. The normalized spacial score (nSPS) is 13.4. The van der Waals surface area contributed by atoms with E-state index in [9.17, 15) is 22.6 Å². The molecule has 1 heterocycles. The number of aromatic nitrogens is 1. The monoisotopic (exact) mass is 296 g/mol. The standard InChI is InChI=1S/C10H11F3N2O3S/c1-2-15(16)6-7-5-14-10(18-7)19(17)4-3-8(11)9(12)13/h5-6H,2-4H2,1H3. The first-order chi connectivity index (χ1) is 8.93. The zero-order chi connectivity index (χ0) is 14.4. The Labute approximate surface area is 109 Å². The lowest BCUT2D eigenvalue weighted by atomic mass is 10.4. The highest BCUT2D eigenvalue weighted by molar-refractivity contribution is 7.84. The molecule has 0 saturated heterocycles. The second-order valence-electron chi connectivity index (χ2n) is 3.36. The van der Waals surface area contributed by atoms with Crippen molar-refractivity contribution in [1.82, 2.24) is 4.98 Å². The molecule has 1 rings (SSSR count). The zero-order valence-corrected chi connectivity index (χ0v) is 10.8. The van der Waals surface area contributed by atoms with E-state index in [4.69, 9.17) is 4.42 Å². The Bertz CT molecular complexity index is 524. The summed E-state index contributed by atoms with van der Waals surface area (Å²) in [6.45, 7) is 1.82. The van der Waals surface area contributed by atoms with Crippen molar-refractivity contribution in [3.8, 4) is 0 Å². The molecular formula is C10H11F3N2O3S. The summed E-state index contributed by atoms with van der Waals surface area (Å²) in [5.41, 5.74) is 0. The average molecular weight is 296 g/mol. The van der Waals surface area contributed by atoms with Gasteiger partial charge in [0.05, 0.1) is 6.20 Å². The first-order valence-electron chi connectivity index (χ1n) is 5.26. The second-order valence-corrected chi connectivity index (χ2v) is 4.80. The van der Waals surface area contributed by atoms with Gasteiger partial charge in [-0.05, 0) is 6.92 Å². The van der Waals surface area contributed by atoms with Gasteiger partial charge in [0.25, 0.3) is 5.22 Å². The van der Waals surface area contributed by atoms with Gasteiger partial charge < -0.3 is 9.62 Å². The van der Waals surface area contributed by atoms with Crippen LogP contribution in [0.5, 0.6) is 0 Å². The molecule has 106 valence electrons. The Balaban J connectivity index is 2.67. The maximum atomic E-state index is 12.5. The maximum Gasteiger partial charge on any atom is 0.301 e. The molecule has 0 aliphatic heterocycles. The molecule has 0 aliphatic carbocycles. The first kappa shape index (κ1) is 15.4. The van der Waals surface area contributed by atoms with Crippen molar-refractivity contribution in [1.29, 1.82) is 0 Å². The number of oxazole rings is 1. The van der Waals surface area contributed by atoms with Crippen LogP contribution in [0, 0.1) is 5.21 Å². The number of rotatable bonds is 6. The van der Waals surface area contributed by atoms with Crippen LogP contribution in [0.3, 0.4) is 0 Å². The molecule has 0 radical (unpaired) electrons. The first-order valence-corrected chi connectivity index (χ1v) is 6.58. The van der Waals surface area contributed by atoms with Gasteiger partial charge in [0.1, 0.15) is 10.8 Å². The highest BCUT2D eigenvalue weighted by Gasteiger charge is 2.14. The largest absolute Gasteiger partial charge is 0.624 e. The van der Waals surface area contributed by atoms with Crippen molar-refractivity contribution in [3.05, 3.63) is 29.1 Å². The fourth-order valence-corrected chi connectivity index (χ4v) is 1.93. The maximum absolute atomic E-state index is 12.5. The highest BCUT2D eigenvalue weighted by atomic mass is 32.2. The lowest BCUT2D eigenvalue weighted by Crippen LogP contribution is -2.03. The summed E-state index contributed by atoms with van der Waals surface area (Å²) in [5.74, 6) is -1.89. The lowest BCUT2D eigenvalue weighted by molar-refractivity contribution is -0.448. The van der Waals surface area contributed by atoms with Gasteiger partial charge in [0.2, 0.25) is 12.0 Å². The molecule has 9 heteroatoms. The molecule has 1 aromatic heterocycles. The van der Waals surface area contributed by atoms with Crippen molar-refractivity contribution in [2.24, 2.45) is 0 Å². The number of hydrogen-bond donors (Lipinski definition) is 0. The van der Waals surface area contributed by atoms with Gasteiger partial charge in [0, 0.05) is 12.2 Å². The van der Waals surface area contributed by atoms with Gasteiger partial charge in [-0.1, -0.05) is 0 Å². The van der Waals surface area contributed by atoms with E-state index in [1.54, 1.807) is 6.92 Å². The molecule has 5 nitrogen and oxygen atoms in total. The number of nitrogens with zero attached hydrogens (tertiary/aromatic N) is 2. The summed E-state index contributed by atoms with van der Waals surface area (Å²) in [6, 6.07) is 0. The van der Waals surface area contributed by atoms with Crippen molar-refractivity contribution >= 4 is 17.0 Å². The molecular weight excluding hydrogens is 285 g/mol. The smallest absolute Gasteiger partial charge is 0.301 e. The molecule has 0 N–H and O–H groups in total. The molecule has 1 atom stereocenters. The van der Waals surface area contributed by atoms with Gasteiger partial charge in [-0.15, -0.1) is 0 Å². The third-order valence-electron chi connectivity index (χ3n) is 1.99. The SMILES string of the molecule is CC[N+]([O-])=Cc1cnc(S(=O)CCC(F)=C(F)F)o1. The number of hydroxylamine groups is 1. The number of hydrogen-bond acceptors (Lipinski definition) is 4. The number of allylic oxidation sites excluding steroid dienone is 1. The van der Waals surface area contributed by atoms with Crippen LogP contribution in [0.1, 0.15) is 19.1 Å².